The molecule has 0 spiro atoms. The second-order valence-corrected chi connectivity index (χ2v) is 6.44. The molecule has 0 aliphatic carbocycles. The van der Waals surface area contributed by atoms with E-state index < -0.39 is 0 Å². The van der Waals surface area contributed by atoms with Crippen LogP contribution >= 0.6 is 0 Å². The Hall–Kier alpha value is -0.795. The average molecular weight is 260 g/mol. The maximum atomic E-state index is 6.10. The lowest BCUT2D eigenvalue weighted by Gasteiger charge is -2.32. The third-order valence-corrected chi connectivity index (χ3v) is 4.54. The van der Waals surface area contributed by atoms with Crippen LogP contribution in [0.2, 0.25) is 6.32 Å². The summed E-state index contributed by atoms with van der Waals surface area (Å²) in [5, 5.41) is 0. The Bertz CT molecular complexity index is 398. The first-order valence-electron chi connectivity index (χ1n) is 7.26. The van der Waals surface area contributed by atoms with Crippen molar-refractivity contribution in [2.24, 2.45) is 0 Å². The van der Waals surface area contributed by atoms with Crippen molar-refractivity contribution in [1.82, 2.24) is 0 Å². The molecule has 0 N–H and O–H groups in total. The van der Waals surface area contributed by atoms with Crippen LogP contribution in [0.15, 0.2) is 30.3 Å². The van der Waals surface area contributed by atoms with E-state index in [-0.39, 0.29) is 18.3 Å². The van der Waals surface area contributed by atoms with Crippen molar-refractivity contribution in [3.63, 3.8) is 0 Å². The molecule has 0 bridgehead atoms. The van der Waals surface area contributed by atoms with Crippen LogP contribution in [0, 0.1) is 0 Å². The van der Waals surface area contributed by atoms with Crippen molar-refractivity contribution in [2.75, 3.05) is 0 Å². The Morgan fingerprint density at radius 2 is 1.53 bits per heavy atom. The third kappa shape index (κ3) is 3.03. The Kier molecular flexibility index (Phi) is 4.07. The van der Waals surface area contributed by atoms with Crippen LogP contribution in [-0.4, -0.2) is 18.3 Å². The Morgan fingerprint density at radius 3 is 2.00 bits per heavy atom. The highest BCUT2D eigenvalue weighted by molar-refractivity contribution is 6.45. The van der Waals surface area contributed by atoms with Gasteiger partial charge in [0, 0.05) is 0 Å². The molecule has 1 aliphatic rings. The molecule has 1 aliphatic heterocycles. The second kappa shape index (κ2) is 5.30. The van der Waals surface area contributed by atoms with Gasteiger partial charge in [-0.15, -0.1) is 0 Å². The Morgan fingerprint density at radius 1 is 1.00 bits per heavy atom. The molecule has 0 amide bonds. The fraction of sp³-hybridized carbons (Fsp3) is 0.625. The molecule has 104 valence electrons. The molecule has 1 heterocycles. The highest BCUT2D eigenvalue weighted by atomic mass is 16.7. The maximum Gasteiger partial charge on any atom is 0.458 e. The van der Waals surface area contributed by atoms with E-state index in [0.717, 1.165) is 12.7 Å². The van der Waals surface area contributed by atoms with Gasteiger partial charge in [-0.05, 0) is 51.9 Å². The highest BCUT2D eigenvalue weighted by Gasteiger charge is 2.51. The van der Waals surface area contributed by atoms with Crippen LogP contribution in [0.25, 0.3) is 0 Å². The van der Waals surface area contributed by atoms with Crippen LogP contribution in [0.1, 0.15) is 52.5 Å². The molecular weight excluding hydrogens is 235 g/mol. The van der Waals surface area contributed by atoms with Gasteiger partial charge in [-0.2, -0.15) is 0 Å². The van der Waals surface area contributed by atoms with Gasteiger partial charge in [-0.3, -0.25) is 0 Å². The van der Waals surface area contributed by atoms with E-state index in [1.54, 1.807) is 0 Å². The predicted molar refractivity (Wildman–Crippen MR) is 80.4 cm³/mol. The van der Waals surface area contributed by atoms with Gasteiger partial charge in [0.25, 0.3) is 0 Å². The minimum absolute atomic E-state index is 0.102. The fourth-order valence-electron chi connectivity index (χ4n) is 2.56. The molecule has 2 nitrogen and oxygen atoms in total. The minimum Gasteiger partial charge on any atom is -0.403 e. The van der Waals surface area contributed by atoms with Crippen molar-refractivity contribution in [1.29, 1.82) is 0 Å². The zero-order valence-electron chi connectivity index (χ0n) is 12.8. The van der Waals surface area contributed by atoms with E-state index in [9.17, 15) is 0 Å². The van der Waals surface area contributed by atoms with Crippen molar-refractivity contribution in [3.8, 4) is 0 Å². The molecule has 0 radical (unpaired) electrons. The second-order valence-electron chi connectivity index (χ2n) is 6.44. The largest absolute Gasteiger partial charge is 0.458 e. The molecule has 0 unspecified atom stereocenters. The van der Waals surface area contributed by atoms with Crippen LogP contribution in [0.4, 0.5) is 0 Å². The molecule has 1 saturated heterocycles. The van der Waals surface area contributed by atoms with Gasteiger partial charge >= 0.3 is 7.12 Å². The zero-order valence-corrected chi connectivity index (χ0v) is 12.8. The van der Waals surface area contributed by atoms with Crippen LogP contribution < -0.4 is 0 Å². The van der Waals surface area contributed by atoms with E-state index in [0.29, 0.717) is 5.92 Å². The molecule has 19 heavy (non-hydrogen) atoms. The van der Waals surface area contributed by atoms with Gasteiger partial charge < -0.3 is 9.31 Å². The summed E-state index contributed by atoms with van der Waals surface area (Å²) in [6.45, 7) is 10.7. The summed E-state index contributed by atoms with van der Waals surface area (Å²) in [4.78, 5) is 0. The number of benzene rings is 1. The predicted octanol–water partition coefficient (Wildman–Crippen LogP) is 4.27. The summed E-state index contributed by atoms with van der Waals surface area (Å²) in [7, 11) is -0.102. The lowest BCUT2D eigenvalue weighted by Crippen LogP contribution is -2.41. The smallest absolute Gasteiger partial charge is 0.403 e. The van der Waals surface area contributed by atoms with Gasteiger partial charge in [0.15, 0.2) is 0 Å². The van der Waals surface area contributed by atoms with Crippen molar-refractivity contribution in [2.45, 2.75) is 64.5 Å². The summed E-state index contributed by atoms with van der Waals surface area (Å²) >= 11 is 0. The third-order valence-electron chi connectivity index (χ3n) is 4.54. The molecule has 3 heteroatoms. The first-order chi connectivity index (χ1) is 8.86. The normalized spacial score (nSPS) is 22.5. The quantitative estimate of drug-likeness (QED) is 0.752. The molecule has 0 saturated carbocycles. The van der Waals surface area contributed by atoms with Gasteiger partial charge in [0.05, 0.1) is 11.2 Å². The summed E-state index contributed by atoms with van der Waals surface area (Å²) in [6.07, 6.45) is 2.03. The molecule has 1 aromatic rings. The Balaban J connectivity index is 2.06. The van der Waals surface area contributed by atoms with E-state index in [4.69, 9.17) is 9.31 Å². The maximum absolute atomic E-state index is 6.10. The topological polar surface area (TPSA) is 18.5 Å². The van der Waals surface area contributed by atoms with Crippen molar-refractivity contribution >= 4 is 7.12 Å². The molecular formula is C16H25BO2. The van der Waals surface area contributed by atoms with Crippen molar-refractivity contribution in [3.05, 3.63) is 35.9 Å². The standard InChI is InChI=1S/C16H25BO2/c1-6-13(14-10-8-7-9-11-14)12-17-18-15(2,3)16(4,5)19-17/h7-11,13H,6,12H2,1-5H3/t13-/m1/s1. The number of rotatable bonds is 4. The molecule has 0 aromatic heterocycles. The lowest BCUT2D eigenvalue weighted by atomic mass is 9.74. The van der Waals surface area contributed by atoms with Gasteiger partial charge in [-0.1, -0.05) is 37.3 Å². The average Bonchev–Trinajstić information content (AvgIpc) is 2.56. The monoisotopic (exact) mass is 260 g/mol. The number of hydrogen-bond acceptors (Lipinski definition) is 2. The Labute approximate surface area is 117 Å². The van der Waals surface area contributed by atoms with Crippen LogP contribution in [-0.2, 0) is 9.31 Å². The highest BCUT2D eigenvalue weighted by Crippen LogP contribution is 2.40. The van der Waals surface area contributed by atoms with E-state index in [2.05, 4.69) is 65.0 Å². The first kappa shape index (κ1) is 14.6. The zero-order chi connectivity index (χ0) is 14.1. The van der Waals surface area contributed by atoms with Gasteiger partial charge in [0.1, 0.15) is 0 Å². The van der Waals surface area contributed by atoms with Gasteiger partial charge in [-0.25, -0.2) is 0 Å². The minimum atomic E-state index is -0.230. The molecule has 1 atom stereocenters. The van der Waals surface area contributed by atoms with E-state index in [1.165, 1.54) is 5.56 Å². The number of hydrogen-bond donors (Lipinski definition) is 0. The lowest BCUT2D eigenvalue weighted by molar-refractivity contribution is 0.00578. The van der Waals surface area contributed by atoms with E-state index >= 15 is 0 Å². The summed E-state index contributed by atoms with van der Waals surface area (Å²) in [6, 6.07) is 10.6. The summed E-state index contributed by atoms with van der Waals surface area (Å²) in [5.41, 5.74) is 0.916. The molecule has 1 aromatic carbocycles. The molecule has 2 rings (SSSR count). The molecule has 1 fully saturated rings. The van der Waals surface area contributed by atoms with Crippen LogP contribution in [0.3, 0.4) is 0 Å². The van der Waals surface area contributed by atoms with Crippen molar-refractivity contribution < 1.29 is 9.31 Å². The van der Waals surface area contributed by atoms with E-state index in [1.807, 2.05) is 0 Å². The summed E-state index contributed by atoms with van der Waals surface area (Å²) < 4.78 is 12.2. The van der Waals surface area contributed by atoms with Gasteiger partial charge in [0.2, 0.25) is 0 Å². The fourth-order valence-corrected chi connectivity index (χ4v) is 2.56. The SMILES string of the molecule is CC[C@H](CB1OC(C)(C)C(C)(C)O1)c1ccccc1. The van der Waals surface area contributed by atoms with Crippen LogP contribution in [0.5, 0.6) is 0 Å². The summed E-state index contributed by atoms with van der Waals surface area (Å²) in [5.74, 6) is 0.496. The first-order valence-corrected chi connectivity index (χ1v) is 7.26.